The van der Waals surface area contributed by atoms with Crippen LogP contribution in [0.1, 0.15) is 25.7 Å². The van der Waals surface area contributed by atoms with Crippen LogP contribution in [0.3, 0.4) is 0 Å². The average Bonchev–Trinajstić information content (AvgIpc) is 2.49. The van der Waals surface area contributed by atoms with Crippen LogP contribution in [0.15, 0.2) is 0 Å². The molecule has 1 aliphatic heterocycles. The van der Waals surface area contributed by atoms with Gasteiger partial charge in [0.15, 0.2) is 0 Å². The summed E-state index contributed by atoms with van der Waals surface area (Å²) in [7, 11) is 1.84. The Morgan fingerprint density at radius 2 is 1.85 bits per heavy atom. The highest BCUT2D eigenvalue weighted by molar-refractivity contribution is 5.77. The van der Waals surface area contributed by atoms with Crippen molar-refractivity contribution >= 4 is 5.91 Å². The smallest absolute Gasteiger partial charge is 0.222 e. The van der Waals surface area contributed by atoms with E-state index in [9.17, 15) is 4.79 Å². The molecular weight excluding hydrogens is 170 g/mol. The number of hydrogen-bond donors (Lipinski definition) is 2. The predicted octanol–water partition coefficient (Wildman–Crippen LogP) is -0.0102. The SMILES string of the molecule is CN1CCCC1=O.OCCCCO. The first-order chi connectivity index (χ1) is 6.22. The molecule has 13 heavy (non-hydrogen) atoms. The van der Waals surface area contributed by atoms with Crippen LogP contribution in [0, 0.1) is 0 Å². The number of likely N-dealkylation sites (tertiary alicyclic amines) is 1. The van der Waals surface area contributed by atoms with Gasteiger partial charge < -0.3 is 15.1 Å². The molecule has 0 spiro atoms. The molecule has 0 saturated carbocycles. The molecule has 0 radical (unpaired) electrons. The topological polar surface area (TPSA) is 60.8 Å². The van der Waals surface area contributed by atoms with E-state index in [0.29, 0.717) is 5.91 Å². The summed E-state index contributed by atoms with van der Waals surface area (Å²) in [6.45, 7) is 1.35. The molecule has 0 aromatic carbocycles. The first-order valence-electron chi connectivity index (χ1n) is 4.68. The molecule has 0 unspecified atom stereocenters. The third-order valence-corrected chi connectivity index (χ3v) is 1.88. The van der Waals surface area contributed by atoms with Gasteiger partial charge in [-0.15, -0.1) is 0 Å². The van der Waals surface area contributed by atoms with E-state index in [-0.39, 0.29) is 13.2 Å². The first-order valence-corrected chi connectivity index (χ1v) is 4.68. The number of hydrogen-bond acceptors (Lipinski definition) is 3. The lowest BCUT2D eigenvalue weighted by atomic mass is 10.3. The third kappa shape index (κ3) is 6.54. The van der Waals surface area contributed by atoms with Gasteiger partial charge >= 0.3 is 0 Å². The van der Waals surface area contributed by atoms with E-state index in [1.807, 2.05) is 7.05 Å². The number of unbranched alkanes of at least 4 members (excludes halogenated alkanes) is 1. The molecule has 1 fully saturated rings. The summed E-state index contributed by atoms with van der Waals surface area (Å²) in [5.74, 6) is 0.292. The minimum Gasteiger partial charge on any atom is -0.396 e. The molecule has 1 aliphatic rings. The number of aliphatic hydroxyl groups is 2. The lowest BCUT2D eigenvalue weighted by Gasteiger charge is -2.03. The van der Waals surface area contributed by atoms with Crippen molar-refractivity contribution in [3.8, 4) is 0 Å². The Morgan fingerprint density at radius 3 is 2.00 bits per heavy atom. The Kier molecular flexibility index (Phi) is 7.63. The molecule has 1 amide bonds. The molecule has 1 saturated heterocycles. The average molecular weight is 189 g/mol. The molecule has 1 rings (SSSR count). The quantitative estimate of drug-likeness (QED) is 0.614. The van der Waals surface area contributed by atoms with Gasteiger partial charge in [-0.3, -0.25) is 4.79 Å². The van der Waals surface area contributed by atoms with Crippen LogP contribution >= 0.6 is 0 Å². The molecule has 0 aromatic heterocycles. The summed E-state index contributed by atoms with van der Waals surface area (Å²) in [5, 5.41) is 16.2. The summed E-state index contributed by atoms with van der Waals surface area (Å²) in [6.07, 6.45) is 3.25. The summed E-state index contributed by atoms with van der Waals surface area (Å²) < 4.78 is 0. The van der Waals surface area contributed by atoms with Crippen molar-refractivity contribution < 1.29 is 15.0 Å². The standard InChI is InChI=1S/C5H9NO.C4H10O2/c1-6-4-2-3-5(6)7;5-3-1-2-4-6/h2-4H2,1H3;5-6H,1-4H2. The minimum absolute atomic E-state index is 0.195. The maximum atomic E-state index is 10.5. The van der Waals surface area contributed by atoms with E-state index in [1.165, 1.54) is 0 Å². The van der Waals surface area contributed by atoms with Gasteiger partial charge in [0, 0.05) is 33.2 Å². The Bertz CT molecular complexity index is 135. The number of rotatable bonds is 3. The summed E-state index contributed by atoms with van der Waals surface area (Å²) in [6, 6.07) is 0. The van der Waals surface area contributed by atoms with E-state index in [0.717, 1.165) is 32.2 Å². The molecule has 0 atom stereocenters. The molecule has 0 aromatic rings. The molecule has 0 bridgehead atoms. The number of amides is 1. The number of carbonyl (C=O) groups is 1. The lowest BCUT2D eigenvalue weighted by Crippen LogP contribution is -2.17. The van der Waals surface area contributed by atoms with Crippen molar-refractivity contribution in [3.05, 3.63) is 0 Å². The summed E-state index contributed by atoms with van der Waals surface area (Å²) >= 11 is 0. The Labute approximate surface area is 79.2 Å². The molecule has 4 nitrogen and oxygen atoms in total. The van der Waals surface area contributed by atoms with Gasteiger partial charge in [0.1, 0.15) is 0 Å². The fourth-order valence-corrected chi connectivity index (χ4v) is 1.01. The maximum absolute atomic E-state index is 10.5. The lowest BCUT2D eigenvalue weighted by molar-refractivity contribution is -0.126. The van der Waals surface area contributed by atoms with Crippen molar-refractivity contribution in [1.82, 2.24) is 4.90 Å². The van der Waals surface area contributed by atoms with Gasteiger partial charge in [0.05, 0.1) is 0 Å². The van der Waals surface area contributed by atoms with Crippen LogP contribution in [0.25, 0.3) is 0 Å². The fraction of sp³-hybridized carbons (Fsp3) is 0.889. The zero-order valence-electron chi connectivity index (χ0n) is 8.20. The van der Waals surface area contributed by atoms with Crippen molar-refractivity contribution in [1.29, 1.82) is 0 Å². The second-order valence-corrected chi connectivity index (χ2v) is 3.07. The van der Waals surface area contributed by atoms with Crippen molar-refractivity contribution in [3.63, 3.8) is 0 Å². The van der Waals surface area contributed by atoms with Gasteiger partial charge in [-0.2, -0.15) is 0 Å². The Balaban J connectivity index is 0.000000226. The van der Waals surface area contributed by atoms with Gasteiger partial charge in [-0.05, 0) is 19.3 Å². The third-order valence-electron chi connectivity index (χ3n) is 1.88. The second kappa shape index (κ2) is 8.01. The van der Waals surface area contributed by atoms with Crippen molar-refractivity contribution in [2.75, 3.05) is 26.8 Å². The Morgan fingerprint density at radius 1 is 1.31 bits per heavy atom. The van der Waals surface area contributed by atoms with Crippen LogP contribution in [-0.4, -0.2) is 47.8 Å². The highest BCUT2D eigenvalue weighted by Crippen LogP contribution is 2.04. The summed E-state index contributed by atoms with van der Waals surface area (Å²) in [5.41, 5.74) is 0. The minimum atomic E-state index is 0.195. The molecule has 78 valence electrons. The van der Waals surface area contributed by atoms with E-state index in [1.54, 1.807) is 4.90 Å². The van der Waals surface area contributed by atoms with E-state index < -0.39 is 0 Å². The van der Waals surface area contributed by atoms with Crippen LogP contribution in [0.5, 0.6) is 0 Å². The number of carbonyl (C=O) groups excluding carboxylic acids is 1. The van der Waals surface area contributed by atoms with Gasteiger partial charge in [0.25, 0.3) is 0 Å². The van der Waals surface area contributed by atoms with Gasteiger partial charge in [0.2, 0.25) is 5.91 Å². The zero-order valence-corrected chi connectivity index (χ0v) is 8.20. The van der Waals surface area contributed by atoms with Crippen LogP contribution in [-0.2, 0) is 4.79 Å². The molecule has 0 aliphatic carbocycles. The zero-order chi connectivity index (χ0) is 10.1. The second-order valence-electron chi connectivity index (χ2n) is 3.07. The highest BCUT2D eigenvalue weighted by atomic mass is 16.3. The molecular formula is C9H19NO3. The number of aliphatic hydroxyl groups excluding tert-OH is 2. The maximum Gasteiger partial charge on any atom is 0.222 e. The number of nitrogens with zero attached hydrogens (tertiary/aromatic N) is 1. The van der Waals surface area contributed by atoms with Crippen LogP contribution < -0.4 is 0 Å². The van der Waals surface area contributed by atoms with Gasteiger partial charge in [-0.1, -0.05) is 0 Å². The fourth-order valence-electron chi connectivity index (χ4n) is 1.01. The van der Waals surface area contributed by atoms with Crippen LogP contribution in [0.2, 0.25) is 0 Å². The van der Waals surface area contributed by atoms with Crippen molar-refractivity contribution in [2.24, 2.45) is 0 Å². The normalized spacial score (nSPS) is 15.6. The highest BCUT2D eigenvalue weighted by Gasteiger charge is 2.14. The largest absolute Gasteiger partial charge is 0.396 e. The van der Waals surface area contributed by atoms with Crippen molar-refractivity contribution in [2.45, 2.75) is 25.7 Å². The predicted molar refractivity (Wildman–Crippen MR) is 50.3 cm³/mol. The molecule has 1 heterocycles. The van der Waals surface area contributed by atoms with Crippen LogP contribution in [0.4, 0.5) is 0 Å². The van der Waals surface area contributed by atoms with E-state index in [2.05, 4.69) is 0 Å². The van der Waals surface area contributed by atoms with E-state index in [4.69, 9.17) is 10.2 Å². The first kappa shape index (κ1) is 12.4. The molecule has 4 heteroatoms. The Hall–Kier alpha value is -0.610. The summed E-state index contributed by atoms with van der Waals surface area (Å²) in [4.78, 5) is 12.3. The monoisotopic (exact) mass is 189 g/mol. The molecule has 2 N–H and O–H groups in total. The van der Waals surface area contributed by atoms with E-state index >= 15 is 0 Å². The van der Waals surface area contributed by atoms with Gasteiger partial charge in [-0.25, -0.2) is 0 Å².